The second-order valence-electron chi connectivity index (χ2n) is 6.83. The van der Waals surface area contributed by atoms with Crippen LogP contribution in [0.15, 0.2) is 18.2 Å². The highest BCUT2D eigenvalue weighted by atomic mass is 16.5. The summed E-state index contributed by atoms with van der Waals surface area (Å²) in [6, 6.07) is 6.05. The molecule has 1 aliphatic rings. The minimum absolute atomic E-state index is 0.365. The van der Waals surface area contributed by atoms with Crippen LogP contribution in [0, 0.1) is 25.7 Å². The van der Waals surface area contributed by atoms with Crippen LogP contribution in [-0.2, 0) is 0 Å². The fraction of sp³-hybridized carbons (Fsp3) is 0.667. The molecule has 0 unspecified atom stereocenters. The third-order valence-electron chi connectivity index (χ3n) is 4.40. The maximum atomic E-state index is 10.2. The van der Waals surface area contributed by atoms with Crippen LogP contribution >= 0.6 is 0 Å². The molecule has 1 aromatic carbocycles. The Morgan fingerprint density at radius 1 is 1.24 bits per heavy atom. The summed E-state index contributed by atoms with van der Waals surface area (Å²) < 4.78 is 5.80. The summed E-state index contributed by atoms with van der Waals surface area (Å²) in [4.78, 5) is 2.37. The van der Waals surface area contributed by atoms with E-state index in [-0.39, 0.29) is 0 Å². The molecule has 2 rings (SSSR count). The number of piperidine rings is 1. The Hall–Kier alpha value is -1.06. The van der Waals surface area contributed by atoms with E-state index in [1.54, 1.807) is 0 Å². The normalized spacial score (nSPS) is 24.8. The summed E-state index contributed by atoms with van der Waals surface area (Å²) in [5.74, 6) is 2.33. The van der Waals surface area contributed by atoms with E-state index in [9.17, 15) is 5.11 Å². The van der Waals surface area contributed by atoms with Crippen LogP contribution in [0.2, 0.25) is 0 Å². The first-order chi connectivity index (χ1) is 9.95. The van der Waals surface area contributed by atoms with Gasteiger partial charge < -0.3 is 14.7 Å². The van der Waals surface area contributed by atoms with Gasteiger partial charge in [-0.3, -0.25) is 0 Å². The van der Waals surface area contributed by atoms with E-state index in [0.29, 0.717) is 13.2 Å². The maximum Gasteiger partial charge on any atom is 0.122 e. The number of likely N-dealkylation sites (tertiary alicyclic amines) is 1. The molecule has 1 aromatic rings. The molecule has 0 radical (unpaired) electrons. The molecule has 1 fully saturated rings. The Morgan fingerprint density at radius 3 is 2.57 bits per heavy atom. The molecule has 0 bridgehead atoms. The number of aryl methyl sites for hydroxylation is 1. The van der Waals surface area contributed by atoms with Gasteiger partial charge in [0, 0.05) is 19.6 Å². The van der Waals surface area contributed by atoms with Crippen LogP contribution in [0.25, 0.3) is 0 Å². The zero-order valence-electron chi connectivity index (χ0n) is 13.8. The molecule has 0 spiro atoms. The first-order valence-electron chi connectivity index (χ1n) is 8.05. The van der Waals surface area contributed by atoms with Crippen molar-refractivity contribution in [2.75, 3.05) is 26.2 Å². The number of benzene rings is 1. The predicted molar refractivity (Wildman–Crippen MR) is 86.8 cm³/mol. The standard InChI is InChI=1S/C18H29NO2/c1-13-8-14(2)10-19(9-13)11-17(20)12-21-18-7-5-6-15(3)16(18)4/h5-7,13-14,17,20H,8-12H2,1-4H3/t13-,14-,17-/m1/s1. The second-order valence-corrected chi connectivity index (χ2v) is 6.83. The van der Waals surface area contributed by atoms with Crippen LogP contribution in [0.1, 0.15) is 31.4 Å². The van der Waals surface area contributed by atoms with Crippen molar-refractivity contribution in [1.82, 2.24) is 4.90 Å². The molecule has 3 nitrogen and oxygen atoms in total. The molecule has 21 heavy (non-hydrogen) atoms. The fourth-order valence-electron chi connectivity index (χ4n) is 3.36. The van der Waals surface area contributed by atoms with Crippen molar-refractivity contribution in [2.45, 2.75) is 40.2 Å². The number of rotatable bonds is 5. The molecular formula is C18H29NO2. The smallest absolute Gasteiger partial charge is 0.122 e. The quantitative estimate of drug-likeness (QED) is 0.905. The average Bonchev–Trinajstić information content (AvgIpc) is 2.39. The van der Waals surface area contributed by atoms with E-state index in [4.69, 9.17) is 4.74 Å². The van der Waals surface area contributed by atoms with Crippen LogP contribution in [0.3, 0.4) is 0 Å². The van der Waals surface area contributed by atoms with E-state index < -0.39 is 6.10 Å². The van der Waals surface area contributed by atoms with Crippen LogP contribution in [-0.4, -0.2) is 42.4 Å². The highest BCUT2D eigenvalue weighted by Crippen LogP contribution is 2.22. The SMILES string of the molecule is Cc1cccc(OC[C@H](O)CN2C[C@H](C)C[C@@H](C)C2)c1C. The van der Waals surface area contributed by atoms with Crippen LogP contribution < -0.4 is 4.74 Å². The number of aliphatic hydroxyl groups excluding tert-OH is 1. The Kier molecular flexibility index (Phi) is 5.65. The lowest BCUT2D eigenvalue weighted by atomic mass is 9.92. The molecule has 1 heterocycles. The summed E-state index contributed by atoms with van der Waals surface area (Å²) in [5, 5.41) is 10.2. The summed E-state index contributed by atoms with van der Waals surface area (Å²) in [7, 11) is 0. The van der Waals surface area contributed by atoms with Gasteiger partial charge in [-0.25, -0.2) is 0 Å². The molecule has 0 amide bonds. The van der Waals surface area contributed by atoms with Crippen molar-refractivity contribution < 1.29 is 9.84 Å². The third-order valence-corrected chi connectivity index (χ3v) is 4.40. The molecular weight excluding hydrogens is 262 g/mol. The summed E-state index contributed by atoms with van der Waals surface area (Å²) >= 11 is 0. The largest absolute Gasteiger partial charge is 0.491 e. The van der Waals surface area contributed by atoms with E-state index in [1.807, 2.05) is 12.1 Å². The van der Waals surface area contributed by atoms with Crippen molar-refractivity contribution in [1.29, 1.82) is 0 Å². The number of β-amino-alcohol motifs (C(OH)–C–C–N with tert-alkyl or cyclic N) is 1. The van der Waals surface area contributed by atoms with Crippen molar-refractivity contribution >= 4 is 0 Å². The van der Waals surface area contributed by atoms with Gasteiger partial charge in [0.1, 0.15) is 18.5 Å². The number of hydrogen-bond acceptors (Lipinski definition) is 3. The Balaban J connectivity index is 1.82. The summed E-state index contributed by atoms with van der Waals surface area (Å²) in [6.45, 7) is 12.0. The lowest BCUT2D eigenvalue weighted by molar-refractivity contribution is 0.0427. The fourth-order valence-corrected chi connectivity index (χ4v) is 3.36. The van der Waals surface area contributed by atoms with Crippen LogP contribution in [0.4, 0.5) is 0 Å². The maximum absolute atomic E-state index is 10.2. The van der Waals surface area contributed by atoms with Gasteiger partial charge in [-0.1, -0.05) is 26.0 Å². The van der Waals surface area contributed by atoms with Gasteiger partial charge in [-0.15, -0.1) is 0 Å². The Labute approximate surface area is 128 Å². The minimum Gasteiger partial charge on any atom is -0.491 e. The van der Waals surface area contributed by atoms with E-state index in [1.165, 1.54) is 12.0 Å². The van der Waals surface area contributed by atoms with Gasteiger partial charge in [-0.2, -0.15) is 0 Å². The minimum atomic E-state index is -0.428. The zero-order chi connectivity index (χ0) is 15.4. The lowest BCUT2D eigenvalue weighted by Crippen LogP contribution is -2.44. The average molecular weight is 291 g/mol. The number of aliphatic hydroxyl groups is 1. The molecule has 118 valence electrons. The number of nitrogens with zero attached hydrogens (tertiary/aromatic N) is 1. The molecule has 0 aliphatic carbocycles. The summed E-state index contributed by atoms with van der Waals surface area (Å²) in [6.07, 6.45) is 0.869. The molecule has 1 N–H and O–H groups in total. The highest BCUT2D eigenvalue weighted by Gasteiger charge is 2.23. The molecule has 3 atom stereocenters. The summed E-state index contributed by atoms with van der Waals surface area (Å²) in [5.41, 5.74) is 2.38. The van der Waals surface area contributed by atoms with Crippen molar-refractivity contribution in [3.63, 3.8) is 0 Å². The topological polar surface area (TPSA) is 32.7 Å². The lowest BCUT2D eigenvalue weighted by Gasteiger charge is -2.35. The number of hydrogen-bond donors (Lipinski definition) is 1. The first kappa shape index (κ1) is 16.3. The Morgan fingerprint density at radius 2 is 1.90 bits per heavy atom. The van der Waals surface area contributed by atoms with Gasteiger partial charge in [0.25, 0.3) is 0 Å². The molecule has 1 aliphatic heterocycles. The van der Waals surface area contributed by atoms with Gasteiger partial charge in [0.15, 0.2) is 0 Å². The number of ether oxygens (including phenoxy) is 1. The Bertz CT molecular complexity index is 451. The predicted octanol–water partition coefficient (Wildman–Crippen LogP) is 3.02. The van der Waals surface area contributed by atoms with E-state index in [2.05, 4.69) is 38.7 Å². The van der Waals surface area contributed by atoms with Crippen molar-refractivity contribution in [3.05, 3.63) is 29.3 Å². The van der Waals surface area contributed by atoms with Crippen molar-refractivity contribution in [2.24, 2.45) is 11.8 Å². The molecule has 0 aromatic heterocycles. The molecule has 0 saturated carbocycles. The monoisotopic (exact) mass is 291 g/mol. The zero-order valence-corrected chi connectivity index (χ0v) is 13.8. The van der Waals surface area contributed by atoms with Gasteiger partial charge in [0.2, 0.25) is 0 Å². The third kappa shape index (κ3) is 4.72. The van der Waals surface area contributed by atoms with E-state index >= 15 is 0 Å². The van der Waals surface area contributed by atoms with Gasteiger partial charge >= 0.3 is 0 Å². The first-order valence-corrected chi connectivity index (χ1v) is 8.05. The van der Waals surface area contributed by atoms with Crippen molar-refractivity contribution in [3.8, 4) is 5.75 Å². The molecule has 1 saturated heterocycles. The van der Waals surface area contributed by atoms with E-state index in [0.717, 1.165) is 36.2 Å². The highest BCUT2D eigenvalue weighted by molar-refractivity contribution is 5.38. The molecule has 3 heteroatoms. The van der Waals surface area contributed by atoms with Crippen LogP contribution in [0.5, 0.6) is 5.75 Å². The van der Waals surface area contributed by atoms with Gasteiger partial charge in [-0.05, 0) is 49.3 Å². The van der Waals surface area contributed by atoms with Gasteiger partial charge in [0.05, 0.1) is 0 Å². The second kappa shape index (κ2) is 7.28.